The van der Waals surface area contributed by atoms with Crippen molar-refractivity contribution < 1.29 is 9.59 Å². The molecule has 18 heavy (non-hydrogen) atoms. The van der Waals surface area contributed by atoms with Crippen LogP contribution in [0.2, 0.25) is 0 Å². The van der Waals surface area contributed by atoms with E-state index < -0.39 is 0 Å². The summed E-state index contributed by atoms with van der Waals surface area (Å²) in [6, 6.07) is 6.98. The van der Waals surface area contributed by atoms with E-state index in [1.165, 1.54) is 4.90 Å². The fourth-order valence-corrected chi connectivity index (χ4v) is 2.38. The van der Waals surface area contributed by atoms with E-state index in [-0.39, 0.29) is 17.7 Å². The molecule has 0 spiro atoms. The molecular weight excluding hydrogens is 226 g/mol. The van der Waals surface area contributed by atoms with E-state index in [2.05, 4.69) is 6.58 Å². The van der Waals surface area contributed by atoms with Crippen LogP contribution in [-0.2, 0) is 0 Å². The minimum atomic E-state index is -0.177. The predicted octanol–water partition coefficient (Wildman–Crippen LogP) is 2.88. The maximum absolute atomic E-state index is 12.1. The number of benzene rings is 1. The quantitative estimate of drug-likeness (QED) is 0.602. The maximum Gasteiger partial charge on any atom is 0.261 e. The van der Waals surface area contributed by atoms with Crippen LogP contribution in [0, 0.1) is 5.92 Å². The van der Waals surface area contributed by atoms with E-state index >= 15 is 0 Å². The van der Waals surface area contributed by atoms with E-state index in [9.17, 15) is 9.59 Å². The Labute approximate surface area is 107 Å². The summed E-state index contributed by atoms with van der Waals surface area (Å²) in [6.45, 7) is 8.30. The first kappa shape index (κ1) is 12.6. The topological polar surface area (TPSA) is 37.4 Å². The number of carbonyl (C=O) groups excluding carboxylic acids is 2. The summed E-state index contributed by atoms with van der Waals surface area (Å²) >= 11 is 0. The lowest BCUT2D eigenvalue weighted by Gasteiger charge is -2.19. The van der Waals surface area contributed by atoms with Crippen molar-refractivity contribution in [3.05, 3.63) is 47.5 Å². The van der Waals surface area contributed by atoms with E-state index in [4.69, 9.17) is 0 Å². The van der Waals surface area contributed by atoms with Gasteiger partial charge in [0.15, 0.2) is 0 Å². The smallest absolute Gasteiger partial charge is 0.261 e. The minimum absolute atomic E-state index is 0.177. The lowest BCUT2D eigenvalue weighted by Crippen LogP contribution is -2.33. The van der Waals surface area contributed by atoms with Gasteiger partial charge in [-0.1, -0.05) is 24.6 Å². The lowest BCUT2D eigenvalue weighted by molar-refractivity contribution is 0.0632. The van der Waals surface area contributed by atoms with Crippen molar-refractivity contribution in [2.24, 2.45) is 5.92 Å². The highest BCUT2D eigenvalue weighted by Gasteiger charge is 2.35. The third-order valence-corrected chi connectivity index (χ3v) is 3.07. The average molecular weight is 243 g/mol. The van der Waals surface area contributed by atoms with Crippen molar-refractivity contribution in [3.8, 4) is 0 Å². The molecule has 1 aliphatic heterocycles. The summed E-state index contributed by atoms with van der Waals surface area (Å²) in [7, 11) is 0. The van der Waals surface area contributed by atoms with Gasteiger partial charge in [0.25, 0.3) is 11.8 Å². The highest BCUT2D eigenvalue weighted by atomic mass is 16.2. The van der Waals surface area contributed by atoms with Crippen molar-refractivity contribution in [3.63, 3.8) is 0 Å². The van der Waals surface area contributed by atoms with Crippen LogP contribution >= 0.6 is 0 Å². The van der Waals surface area contributed by atoms with Gasteiger partial charge in [0, 0.05) is 6.54 Å². The number of imide groups is 1. The molecule has 1 aliphatic rings. The average Bonchev–Trinajstić information content (AvgIpc) is 2.54. The van der Waals surface area contributed by atoms with Gasteiger partial charge in [0.2, 0.25) is 0 Å². The van der Waals surface area contributed by atoms with Crippen molar-refractivity contribution in [1.82, 2.24) is 4.90 Å². The zero-order chi connectivity index (χ0) is 13.3. The first-order valence-electron chi connectivity index (χ1n) is 6.10. The largest absolute Gasteiger partial charge is 0.274 e. The zero-order valence-electron chi connectivity index (χ0n) is 10.8. The van der Waals surface area contributed by atoms with Gasteiger partial charge < -0.3 is 0 Å². The number of rotatable bonds is 4. The Morgan fingerprint density at radius 3 is 2.17 bits per heavy atom. The SMILES string of the molecule is C=C(C)CC(C)CN1C(=O)c2ccccc2C1=O. The molecule has 0 fully saturated rings. The number of nitrogens with zero attached hydrogens (tertiary/aromatic N) is 1. The molecule has 0 radical (unpaired) electrons. The van der Waals surface area contributed by atoms with Crippen LogP contribution in [0.3, 0.4) is 0 Å². The predicted molar refractivity (Wildman–Crippen MR) is 70.4 cm³/mol. The Balaban J connectivity index is 2.16. The molecule has 0 saturated carbocycles. The second-order valence-electron chi connectivity index (χ2n) is 5.03. The Kier molecular flexibility index (Phi) is 3.32. The van der Waals surface area contributed by atoms with Gasteiger partial charge in [-0.15, -0.1) is 6.58 Å². The summed E-state index contributed by atoms with van der Waals surface area (Å²) in [5.41, 5.74) is 2.11. The number of hydrogen-bond acceptors (Lipinski definition) is 2. The molecule has 94 valence electrons. The van der Waals surface area contributed by atoms with Gasteiger partial charge in [-0.2, -0.15) is 0 Å². The van der Waals surface area contributed by atoms with E-state index in [0.29, 0.717) is 17.7 Å². The summed E-state index contributed by atoms with van der Waals surface area (Å²) in [5.74, 6) is -0.113. The van der Waals surface area contributed by atoms with Crippen molar-refractivity contribution in [2.45, 2.75) is 20.3 Å². The van der Waals surface area contributed by atoms with Crippen LogP contribution in [0.25, 0.3) is 0 Å². The number of amides is 2. The molecule has 3 nitrogen and oxygen atoms in total. The molecule has 1 atom stereocenters. The van der Waals surface area contributed by atoms with Gasteiger partial charge in [-0.3, -0.25) is 14.5 Å². The number of allylic oxidation sites excluding steroid dienone is 1. The molecule has 0 bridgehead atoms. The normalized spacial score (nSPS) is 15.8. The summed E-state index contributed by atoms with van der Waals surface area (Å²) < 4.78 is 0. The van der Waals surface area contributed by atoms with Crippen molar-refractivity contribution >= 4 is 11.8 Å². The molecule has 2 rings (SSSR count). The Hall–Kier alpha value is -1.90. The number of fused-ring (bicyclic) bond motifs is 1. The third-order valence-electron chi connectivity index (χ3n) is 3.07. The van der Waals surface area contributed by atoms with Crippen LogP contribution in [0.1, 0.15) is 41.0 Å². The summed E-state index contributed by atoms with van der Waals surface area (Å²) in [4.78, 5) is 25.6. The molecule has 0 N–H and O–H groups in total. The first-order valence-corrected chi connectivity index (χ1v) is 6.10. The molecule has 0 aliphatic carbocycles. The summed E-state index contributed by atoms with van der Waals surface area (Å²) in [6.07, 6.45) is 0.827. The molecule has 2 amide bonds. The molecule has 1 aromatic rings. The van der Waals surface area contributed by atoms with Gasteiger partial charge in [0.05, 0.1) is 11.1 Å². The molecule has 1 heterocycles. The Bertz CT molecular complexity index is 484. The van der Waals surface area contributed by atoms with Crippen molar-refractivity contribution in [2.75, 3.05) is 6.54 Å². The van der Waals surface area contributed by atoms with Gasteiger partial charge in [-0.05, 0) is 31.4 Å². The lowest BCUT2D eigenvalue weighted by atomic mass is 10.0. The fourth-order valence-electron chi connectivity index (χ4n) is 2.38. The molecule has 0 aromatic heterocycles. The highest BCUT2D eigenvalue weighted by molar-refractivity contribution is 6.21. The second-order valence-corrected chi connectivity index (χ2v) is 5.03. The Morgan fingerprint density at radius 1 is 1.22 bits per heavy atom. The number of carbonyl (C=O) groups is 2. The molecular formula is C15H17NO2. The van der Waals surface area contributed by atoms with Gasteiger partial charge in [0.1, 0.15) is 0 Å². The van der Waals surface area contributed by atoms with E-state index in [0.717, 1.165) is 12.0 Å². The second kappa shape index (κ2) is 4.77. The monoisotopic (exact) mass is 243 g/mol. The van der Waals surface area contributed by atoms with Crippen LogP contribution in [0.15, 0.2) is 36.4 Å². The third kappa shape index (κ3) is 2.21. The maximum atomic E-state index is 12.1. The molecule has 1 aromatic carbocycles. The van der Waals surface area contributed by atoms with E-state index in [1.807, 2.05) is 13.8 Å². The molecule has 0 saturated heterocycles. The fraction of sp³-hybridized carbons (Fsp3) is 0.333. The highest BCUT2D eigenvalue weighted by Crippen LogP contribution is 2.24. The van der Waals surface area contributed by atoms with Crippen LogP contribution in [0.4, 0.5) is 0 Å². The molecule has 1 unspecified atom stereocenters. The van der Waals surface area contributed by atoms with Gasteiger partial charge >= 0.3 is 0 Å². The van der Waals surface area contributed by atoms with Gasteiger partial charge in [-0.25, -0.2) is 0 Å². The van der Waals surface area contributed by atoms with Crippen LogP contribution < -0.4 is 0 Å². The van der Waals surface area contributed by atoms with Crippen LogP contribution in [0.5, 0.6) is 0 Å². The van der Waals surface area contributed by atoms with Crippen LogP contribution in [-0.4, -0.2) is 23.3 Å². The Morgan fingerprint density at radius 2 is 1.72 bits per heavy atom. The first-order chi connectivity index (χ1) is 8.50. The zero-order valence-corrected chi connectivity index (χ0v) is 10.8. The van der Waals surface area contributed by atoms with Crippen molar-refractivity contribution in [1.29, 1.82) is 0 Å². The molecule has 3 heteroatoms. The number of hydrogen-bond donors (Lipinski definition) is 0. The standard InChI is InChI=1S/C15H17NO2/c1-10(2)8-11(3)9-16-14(17)12-6-4-5-7-13(12)15(16)18/h4-7,11H,1,8-9H2,2-3H3. The minimum Gasteiger partial charge on any atom is -0.274 e. The summed E-state index contributed by atoms with van der Waals surface area (Å²) in [5, 5.41) is 0. The van der Waals surface area contributed by atoms with E-state index in [1.54, 1.807) is 24.3 Å².